The summed E-state index contributed by atoms with van der Waals surface area (Å²) < 4.78 is 3.12. The molecule has 8 nitrogen and oxygen atoms in total. The molecule has 4 aromatic rings. The number of amides is 1. The molecule has 0 bridgehead atoms. The number of fused-ring (bicyclic) bond motifs is 1. The van der Waals surface area contributed by atoms with E-state index >= 15 is 0 Å². The maximum absolute atomic E-state index is 13.1. The molecule has 0 radical (unpaired) electrons. The van der Waals surface area contributed by atoms with Crippen molar-refractivity contribution in [3.63, 3.8) is 0 Å². The van der Waals surface area contributed by atoms with Crippen LogP contribution >= 0.6 is 11.9 Å². The summed E-state index contributed by atoms with van der Waals surface area (Å²) in [4.78, 5) is 24.1. The van der Waals surface area contributed by atoms with Crippen LogP contribution in [-0.4, -0.2) is 37.7 Å². The summed E-state index contributed by atoms with van der Waals surface area (Å²) in [6, 6.07) is 16.3. The number of hydrogen-bond donors (Lipinski definition) is 3. The molecule has 5 rings (SSSR count). The van der Waals surface area contributed by atoms with Crippen LogP contribution in [0.2, 0.25) is 0 Å². The number of phenols is 1. The molecule has 0 atom stereocenters. The third kappa shape index (κ3) is 3.82. The zero-order valence-electron chi connectivity index (χ0n) is 16.3. The number of nitrogens with zero attached hydrogens (tertiary/aromatic N) is 4. The fraction of sp³-hybridized carbons (Fsp3) is 0.0909. The minimum absolute atomic E-state index is 0.124. The first-order valence-electron chi connectivity index (χ1n) is 9.67. The van der Waals surface area contributed by atoms with Crippen molar-refractivity contribution in [2.45, 2.75) is 11.3 Å². The highest BCUT2D eigenvalue weighted by Gasteiger charge is 2.27. The minimum atomic E-state index is -0.149. The van der Waals surface area contributed by atoms with E-state index in [1.54, 1.807) is 47.6 Å². The first-order chi connectivity index (χ1) is 15.2. The lowest BCUT2D eigenvalue weighted by atomic mass is 10.1. The van der Waals surface area contributed by atoms with Crippen molar-refractivity contribution in [3.05, 3.63) is 78.2 Å². The summed E-state index contributed by atoms with van der Waals surface area (Å²) in [6.45, 7) is 0.600. The van der Waals surface area contributed by atoms with E-state index in [9.17, 15) is 9.90 Å². The van der Waals surface area contributed by atoms with Crippen molar-refractivity contribution >= 4 is 29.5 Å². The molecule has 2 aromatic heterocycles. The maximum Gasteiger partial charge on any atom is 0.276 e. The Labute approximate surface area is 182 Å². The van der Waals surface area contributed by atoms with Gasteiger partial charge in [0.25, 0.3) is 5.91 Å². The molecule has 31 heavy (non-hydrogen) atoms. The summed E-state index contributed by atoms with van der Waals surface area (Å²) in [5.74, 6) is 0.521. The molecule has 0 saturated carbocycles. The lowest BCUT2D eigenvalue weighted by Crippen LogP contribution is -2.29. The highest BCUT2D eigenvalue weighted by Crippen LogP contribution is 2.33. The van der Waals surface area contributed by atoms with Crippen molar-refractivity contribution in [1.82, 2.24) is 20.2 Å². The van der Waals surface area contributed by atoms with E-state index in [0.717, 1.165) is 22.6 Å². The number of hydrogen-bond acceptors (Lipinski definition) is 7. The molecule has 9 heteroatoms. The van der Waals surface area contributed by atoms with Gasteiger partial charge in [0.2, 0.25) is 5.95 Å². The zero-order chi connectivity index (χ0) is 21.2. The molecule has 1 amide bonds. The van der Waals surface area contributed by atoms with Gasteiger partial charge in [-0.2, -0.15) is 5.10 Å². The van der Waals surface area contributed by atoms with Gasteiger partial charge < -0.3 is 10.0 Å². The minimum Gasteiger partial charge on any atom is -0.507 e. The normalized spacial score (nSPS) is 12.6. The Morgan fingerprint density at radius 3 is 2.77 bits per heavy atom. The zero-order valence-corrected chi connectivity index (χ0v) is 17.1. The van der Waals surface area contributed by atoms with E-state index in [-0.39, 0.29) is 11.7 Å². The lowest BCUT2D eigenvalue weighted by molar-refractivity contribution is 0.0984. The third-order valence-corrected chi connectivity index (χ3v) is 5.78. The fourth-order valence-corrected chi connectivity index (χ4v) is 4.17. The van der Waals surface area contributed by atoms with Crippen LogP contribution in [0.1, 0.15) is 16.1 Å². The second-order valence-corrected chi connectivity index (χ2v) is 7.84. The van der Waals surface area contributed by atoms with Crippen molar-refractivity contribution in [2.75, 3.05) is 16.2 Å². The average Bonchev–Trinajstić information content (AvgIpc) is 3.46. The summed E-state index contributed by atoms with van der Waals surface area (Å²) in [5, 5.41) is 17.0. The van der Waals surface area contributed by atoms with Crippen LogP contribution in [0.15, 0.2) is 71.9 Å². The molecule has 3 N–H and O–H groups in total. The lowest BCUT2D eigenvalue weighted by Gasteiger charge is -2.16. The molecule has 3 heterocycles. The molecule has 0 aliphatic carbocycles. The molecular formula is C22H18N6O2S. The van der Waals surface area contributed by atoms with Gasteiger partial charge in [0.05, 0.1) is 5.69 Å². The maximum atomic E-state index is 13.1. The van der Waals surface area contributed by atoms with Crippen LogP contribution in [0.25, 0.3) is 11.3 Å². The van der Waals surface area contributed by atoms with Crippen LogP contribution < -0.4 is 9.62 Å². The van der Waals surface area contributed by atoms with E-state index < -0.39 is 0 Å². The quantitative estimate of drug-likeness (QED) is 0.412. The predicted molar refractivity (Wildman–Crippen MR) is 119 cm³/mol. The number of rotatable bonds is 5. The van der Waals surface area contributed by atoms with E-state index in [1.165, 1.54) is 11.9 Å². The standard InChI is InChI=1S/C22H18N6O2S/c29-20-5-2-1-4-16(20)17-13-18(26-25-17)21(30)28-11-8-14-12-15(6-7-19(14)28)31-27-22-23-9-3-10-24-22/h1-7,9-10,12-13,29H,8,11H2,(H,25,26)(H,23,24,27). The number of phenolic OH excluding ortho intramolecular Hbond substituents is 1. The second-order valence-electron chi connectivity index (χ2n) is 6.96. The van der Waals surface area contributed by atoms with Crippen LogP contribution in [0, 0.1) is 0 Å². The molecule has 0 spiro atoms. The van der Waals surface area contributed by atoms with Gasteiger partial charge in [0.15, 0.2) is 0 Å². The first kappa shape index (κ1) is 19.1. The number of nitrogens with one attached hydrogen (secondary N) is 2. The largest absolute Gasteiger partial charge is 0.507 e. The number of H-pyrrole nitrogens is 1. The van der Waals surface area contributed by atoms with E-state index in [0.29, 0.717) is 29.4 Å². The Bertz CT molecular complexity index is 1240. The molecule has 1 aliphatic rings. The number of carbonyl (C=O) groups excluding carboxylic acids is 1. The van der Waals surface area contributed by atoms with Gasteiger partial charge in [0, 0.05) is 35.1 Å². The fourth-order valence-electron chi connectivity index (χ4n) is 3.51. The predicted octanol–water partition coefficient (Wildman–Crippen LogP) is 3.89. The van der Waals surface area contributed by atoms with Crippen LogP contribution in [0.5, 0.6) is 5.75 Å². The second kappa shape index (κ2) is 8.11. The van der Waals surface area contributed by atoms with Gasteiger partial charge in [0.1, 0.15) is 11.4 Å². The van der Waals surface area contributed by atoms with Gasteiger partial charge in [-0.05, 0) is 66.4 Å². The smallest absolute Gasteiger partial charge is 0.276 e. The van der Waals surface area contributed by atoms with Gasteiger partial charge in [-0.15, -0.1) is 0 Å². The van der Waals surface area contributed by atoms with Gasteiger partial charge >= 0.3 is 0 Å². The Hall–Kier alpha value is -3.85. The van der Waals surface area contributed by atoms with Gasteiger partial charge in [-0.1, -0.05) is 12.1 Å². The number of aromatic nitrogens is 4. The number of benzene rings is 2. The van der Waals surface area contributed by atoms with Crippen LogP contribution in [0.4, 0.5) is 11.6 Å². The Kier molecular flexibility index (Phi) is 5.01. The van der Waals surface area contributed by atoms with E-state index in [1.807, 2.05) is 18.2 Å². The van der Waals surface area contributed by atoms with Crippen molar-refractivity contribution < 1.29 is 9.90 Å². The topological polar surface area (TPSA) is 107 Å². The van der Waals surface area contributed by atoms with Crippen LogP contribution in [0.3, 0.4) is 0 Å². The Morgan fingerprint density at radius 1 is 1.10 bits per heavy atom. The van der Waals surface area contributed by atoms with E-state index in [2.05, 4.69) is 31.0 Å². The number of para-hydroxylation sites is 1. The Morgan fingerprint density at radius 2 is 1.94 bits per heavy atom. The monoisotopic (exact) mass is 430 g/mol. The van der Waals surface area contributed by atoms with Crippen molar-refractivity contribution in [2.24, 2.45) is 0 Å². The number of aromatic amines is 1. The molecule has 2 aromatic carbocycles. The average molecular weight is 430 g/mol. The van der Waals surface area contributed by atoms with Crippen LogP contribution in [-0.2, 0) is 6.42 Å². The molecular weight excluding hydrogens is 412 g/mol. The summed E-state index contributed by atoms with van der Waals surface area (Å²) in [5.41, 5.74) is 3.49. The summed E-state index contributed by atoms with van der Waals surface area (Å²) in [7, 11) is 0. The Balaban J connectivity index is 1.32. The molecule has 0 unspecified atom stereocenters. The molecule has 154 valence electrons. The molecule has 0 saturated heterocycles. The highest BCUT2D eigenvalue weighted by atomic mass is 32.2. The summed E-state index contributed by atoms with van der Waals surface area (Å²) >= 11 is 1.43. The van der Waals surface area contributed by atoms with Gasteiger partial charge in [-0.3, -0.25) is 14.6 Å². The highest BCUT2D eigenvalue weighted by molar-refractivity contribution is 8.00. The van der Waals surface area contributed by atoms with Gasteiger partial charge in [-0.25, -0.2) is 9.97 Å². The molecule has 1 aliphatic heterocycles. The van der Waals surface area contributed by atoms with E-state index in [4.69, 9.17) is 0 Å². The number of aromatic hydroxyl groups is 1. The molecule has 0 fully saturated rings. The first-order valence-corrected chi connectivity index (χ1v) is 10.5. The number of anilines is 2. The SMILES string of the molecule is O=C(c1cc(-c2ccccc2O)n[nH]1)N1CCc2cc(SNc3ncccn3)ccc21. The summed E-state index contributed by atoms with van der Waals surface area (Å²) in [6.07, 6.45) is 4.14. The number of carbonyl (C=O) groups is 1. The third-order valence-electron chi connectivity index (χ3n) is 5.01. The van der Waals surface area contributed by atoms with Crippen molar-refractivity contribution in [1.29, 1.82) is 0 Å². The van der Waals surface area contributed by atoms with Crippen molar-refractivity contribution in [3.8, 4) is 17.0 Å².